The molecule has 2 aromatic heterocycles. The van der Waals surface area contributed by atoms with Crippen LogP contribution in [0.3, 0.4) is 0 Å². The normalized spacial score (nSPS) is 14.0. The summed E-state index contributed by atoms with van der Waals surface area (Å²) in [6, 6.07) is 3.09. The highest BCUT2D eigenvalue weighted by molar-refractivity contribution is 7.22. The van der Waals surface area contributed by atoms with E-state index in [1.807, 2.05) is 0 Å². The van der Waals surface area contributed by atoms with Crippen LogP contribution in [0.25, 0.3) is 10.2 Å². The van der Waals surface area contributed by atoms with Gasteiger partial charge in [-0.15, -0.1) is 0 Å². The van der Waals surface area contributed by atoms with Crippen LogP contribution in [0, 0.1) is 12.7 Å². The molecule has 0 fully saturated rings. The quantitative estimate of drug-likeness (QED) is 0.673. The molecule has 1 amide bonds. The molecule has 0 radical (unpaired) electrons. The topological polar surface area (TPSA) is 82.7 Å². The zero-order chi connectivity index (χ0) is 16.0. The Bertz CT molecular complexity index is 916. The first-order valence-electron chi connectivity index (χ1n) is 7.27. The number of H-pyrrole nitrogens is 1. The van der Waals surface area contributed by atoms with Gasteiger partial charge in [-0.3, -0.25) is 15.2 Å². The number of carbonyl (C=O) groups is 1. The van der Waals surface area contributed by atoms with Crippen LogP contribution in [0.2, 0.25) is 0 Å². The molecule has 4 rings (SSSR count). The molecule has 1 aromatic carbocycles. The molecule has 6 nitrogen and oxygen atoms in total. The molecular formula is C15H14FN5OS. The largest absolute Gasteiger partial charge is 0.312 e. The van der Waals surface area contributed by atoms with Crippen LogP contribution in [-0.4, -0.2) is 27.6 Å². The molecule has 118 valence electrons. The fourth-order valence-electron chi connectivity index (χ4n) is 2.72. The molecule has 0 atom stereocenters. The van der Waals surface area contributed by atoms with Crippen molar-refractivity contribution in [1.82, 2.24) is 20.5 Å². The molecule has 3 heterocycles. The number of benzene rings is 1. The van der Waals surface area contributed by atoms with Crippen molar-refractivity contribution in [2.75, 3.05) is 11.9 Å². The number of carbonyl (C=O) groups excluding carboxylic acids is 1. The predicted molar refractivity (Wildman–Crippen MR) is 86.3 cm³/mol. The van der Waals surface area contributed by atoms with E-state index in [0.717, 1.165) is 28.9 Å². The summed E-state index contributed by atoms with van der Waals surface area (Å²) in [6.07, 6.45) is 0.829. The van der Waals surface area contributed by atoms with E-state index in [-0.39, 0.29) is 11.7 Å². The molecule has 0 unspecified atom stereocenters. The van der Waals surface area contributed by atoms with Crippen LogP contribution in [0.15, 0.2) is 12.1 Å². The van der Waals surface area contributed by atoms with E-state index in [2.05, 4.69) is 25.8 Å². The Kier molecular flexibility index (Phi) is 3.35. The Balaban J connectivity index is 1.64. The van der Waals surface area contributed by atoms with Crippen LogP contribution in [0.5, 0.6) is 0 Å². The SMILES string of the molecule is Cc1c(F)ccc2sc(NC(=O)c3n[nH]c4c3CNCC4)nc12. The maximum atomic E-state index is 13.6. The maximum absolute atomic E-state index is 13.6. The van der Waals surface area contributed by atoms with Gasteiger partial charge in [0.1, 0.15) is 5.82 Å². The monoisotopic (exact) mass is 331 g/mol. The van der Waals surface area contributed by atoms with Gasteiger partial charge in [-0.1, -0.05) is 11.3 Å². The first kappa shape index (κ1) is 14.3. The minimum Gasteiger partial charge on any atom is -0.312 e. The zero-order valence-electron chi connectivity index (χ0n) is 12.4. The summed E-state index contributed by atoms with van der Waals surface area (Å²) in [4.78, 5) is 16.8. The summed E-state index contributed by atoms with van der Waals surface area (Å²) >= 11 is 1.32. The number of nitrogens with one attached hydrogen (secondary N) is 3. The van der Waals surface area contributed by atoms with Crippen molar-refractivity contribution in [3.63, 3.8) is 0 Å². The molecular weight excluding hydrogens is 317 g/mol. The van der Waals surface area contributed by atoms with Crippen molar-refractivity contribution in [2.45, 2.75) is 19.9 Å². The molecule has 1 aliphatic heterocycles. The molecule has 0 aliphatic carbocycles. The lowest BCUT2D eigenvalue weighted by Crippen LogP contribution is -2.25. The first-order chi connectivity index (χ1) is 11.1. The highest BCUT2D eigenvalue weighted by atomic mass is 32.1. The summed E-state index contributed by atoms with van der Waals surface area (Å²) < 4.78 is 14.4. The van der Waals surface area contributed by atoms with E-state index in [0.29, 0.717) is 28.5 Å². The average Bonchev–Trinajstić information content (AvgIpc) is 3.15. The fraction of sp³-hybridized carbons (Fsp3) is 0.267. The summed E-state index contributed by atoms with van der Waals surface area (Å²) in [5, 5.41) is 13.5. The van der Waals surface area contributed by atoms with Gasteiger partial charge in [-0.2, -0.15) is 5.10 Å². The van der Waals surface area contributed by atoms with Gasteiger partial charge in [-0.05, 0) is 19.1 Å². The van der Waals surface area contributed by atoms with E-state index in [1.165, 1.54) is 17.4 Å². The van der Waals surface area contributed by atoms with Crippen LogP contribution >= 0.6 is 11.3 Å². The molecule has 0 bridgehead atoms. The number of hydrogen-bond acceptors (Lipinski definition) is 5. The van der Waals surface area contributed by atoms with Crippen LogP contribution < -0.4 is 10.6 Å². The van der Waals surface area contributed by atoms with E-state index >= 15 is 0 Å². The third kappa shape index (κ3) is 2.40. The first-order valence-corrected chi connectivity index (χ1v) is 8.09. The number of amides is 1. The second-order valence-electron chi connectivity index (χ2n) is 5.45. The van der Waals surface area contributed by atoms with Crippen molar-refractivity contribution in [2.24, 2.45) is 0 Å². The highest BCUT2D eigenvalue weighted by Crippen LogP contribution is 2.29. The van der Waals surface area contributed by atoms with Crippen LogP contribution in [0.4, 0.5) is 9.52 Å². The number of anilines is 1. The summed E-state index contributed by atoms with van der Waals surface area (Å²) in [5.74, 6) is -0.600. The number of thiazole rings is 1. The van der Waals surface area contributed by atoms with Gasteiger partial charge >= 0.3 is 0 Å². The van der Waals surface area contributed by atoms with E-state index in [9.17, 15) is 9.18 Å². The molecule has 3 aromatic rings. The second kappa shape index (κ2) is 5.39. The molecule has 0 saturated heterocycles. The van der Waals surface area contributed by atoms with Crippen molar-refractivity contribution < 1.29 is 9.18 Å². The summed E-state index contributed by atoms with van der Waals surface area (Å²) in [7, 11) is 0. The van der Waals surface area contributed by atoms with Crippen molar-refractivity contribution >= 4 is 32.6 Å². The number of rotatable bonds is 2. The van der Waals surface area contributed by atoms with Gasteiger partial charge in [0.2, 0.25) is 0 Å². The molecule has 8 heteroatoms. The Labute approximate surface area is 135 Å². The molecule has 3 N–H and O–H groups in total. The predicted octanol–water partition coefficient (Wildman–Crippen LogP) is 2.36. The standard InChI is InChI=1S/C15H14FN5OS/c1-7-9(16)2-3-11-12(7)18-15(23-11)19-14(22)13-8-6-17-5-4-10(8)20-21-13/h2-3,17H,4-6H2,1H3,(H,20,21)(H,18,19,22). The lowest BCUT2D eigenvalue weighted by atomic mass is 10.1. The number of hydrogen-bond donors (Lipinski definition) is 3. The van der Waals surface area contributed by atoms with E-state index < -0.39 is 0 Å². The van der Waals surface area contributed by atoms with Gasteiger partial charge in [0.05, 0.1) is 10.2 Å². The van der Waals surface area contributed by atoms with E-state index in [4.69, 9.17) is 0 Å². The lowest BCUT2D eigenvalue weighted by Gasteiger charge is -2.12. The zero-order valence-corrected chi connectivity index (χ0v) is 13.2. The number of aryl methyl sites for hydroxylation is 1. The lowest BCUT2D eigenvalue weighted by molar-refractivity contribution is 0.102. The average molecular weight is 331 g/mol. The number of aromatic nitrogens is 3. The Morgan fingerprint density at radius 2 is 2.30 bits per heavy atom. The Morgan fingerprint density at radius 3 is 3.17 bits per heavy atom. The highest BCUT2D eigenvalue weighted by Gasteiger charge is 2.22. The van der Waals surface area contributed by atoms with Crippen molar-refractivity contribution in [3.8, 4) is 0 Å². The molecule has 1 aliphatic rings. The fourth-order valence-corrected chi connectivity index (χ4v) is 3.64. The minimum absolute atomic E-state index is 0.298. The Hall–Kier alpha value is -2.32. The van der Waals surface area contributed by atoms with Crippen molar-refractivity contribution in [3.05, 3.63) is 40.5 Å². The van der Waals surface area contributed by atoms with Gasteiger partial charge in [0, 0.05) is 36.3 Å². The van der Waals surface area contributed by atoms with Gasteiger partial charge in [-0.25, -0.2) is 9.37 Å². The van der Waals surface area contributed by atoms with Crippen LogP contribution in [-0.2, 0) is 13.0 Å². The smallest absolute Gasteiger partial charge is 0.278 e. The second-order valence-corrected chi connectivity index (χ2v) is 6.48. The third-order valence-corrected chi connectivity index (χ3v) is 4.93. The number of aromatic amines is 1. The van der Waals surface area contributed by atoms with Crippen LogP contribution in [0.1, 0.15) is 27.3 Å². The van der Waals surface area contributed by atoms with Gasteiger partial charge in [0.25, 0.3) is 5.91 Å². The van der Waals surface area contributed by atoms with Gasteiger partial charge in [0.15, 0.2) is 10.8 Å². The number of fused-ring (bicyclic) bond motifs is 2. The maximum Gasteiger partial charge on any atom is 0.278 e. The summed E-state index contributed by atoms with van der Waals surface area (Å²) in [5.41, 5.74) is 3.35. The Morgan fingerprint density at radius 1 is 1.43 bits per heavy atom. The minimum atomic E-state index is -0.302. The van der Waals surface area contributed by atoms with Gasteiger partial charge < -0.3 is 5.32 Å². The van der Waals surface area contributed by atoms with Crippen molar-refractivity contribution in [1.29, 1.82) is 0 Å². The molecule has 23 heavy (non-hydrogen) atoms. The summed E-state index contributed by atoms with van der Waals surface area (Å²) in [6.45, 7) is 3.18. The third-order valence-electron chi connectivity index (χ3n) is 3.99. The molecule has 0 spiro atoms. The number of nitrogens with zero attached hydrogens (tertiary/aromatic N) is 2. The molecule has 0 saturated carbocycles. The van der Waals surface area contributed by atoms with E-state index in [1.54, 1.807) is 13.0 Å². The number of halogens is 1.